The average molecular weight is 240 g/mol. The van der Waals surface area contributed by atoms with Gasteiger partial charge in [-0.25, -0.2) is 0 Å². The summed E-state index contributed by atoms with van der Waals surface area (Å²) in [6.07, 6.45) is 0. The molecule has 0 saturated heterocycles. The Hall–Kier alpha value is -3.05. The third kappa shape index (κ3) is 3.54. The number of nitrogens with zero attached hydrogens (tertiary/aromatic N) is 6. The Kier molecular flexibility index (Phi) is 3.29. The van der Waals surface area contributed by atoms with Gasteiger partial charge in [0.05, 0.1) is 0 Å². The van der Waals surface area contributed by atoms with Crippen LogP contribution < -0.4 is 34.5 Å². The van der Waals surface area contributed by atoms with Crippen molar-refractivity contribution in [3.63, 3.8) is 0 Å². The summed E-state index contributed by atoms with van der Waals surface area (Å²) in [5.74, 6) is 5.41. The van der Waals surface area contributed by atoms with Gasteiger partial charge in [-0.1, -0.05) is 0 Å². The van der Waals surface area contributed by atoms with E-state index in [2.05, 4.69) is 25.0 Å². The van der Waals surface area contributed by atoms with Gasteiger partial charge in [-0.05, 0) is 0 Å². The second-order valence-corrected chi connectivity index (χ2v) is 2.68. The first kappa shape index (κ1) is 12.0. The molecule has 2 aromatic rings. The molecule has 0 aliphatic rings. The first-order chi connectivity index (χ1) is 7.88. The minimum absolute atomic E-state index is 0.0417. The predicted octanol–water partition coefficient (Wildman–Crippen LogP) is -3.23. The molecule has 2 heterocycles. The van der Waals surface area contributed by atoms with E-state index in [0.29, 0.717) is 0 Å². The van der Waals surface area contributed by atoms with Crippen molar-refractivity contribution in [1.29, 1.82) is 0 Å². The number of hydrogen-bond donors (Lipinski definition) is 6. The molecule has 0 radical (unpaired) electrons. The Morgan fingerprint density at radius 1 is 0.647 bits per heavy atom. The van der Waals surface area contributed by atoms with Crippen LogP contribution in [0.15, 0.2) is 0 Å². The van der Waals surface area contributed by atoms with Gasteiger partial charge in [-0.2, -0.15) is 19.9 Å². The van der Waals surface area contributed by atoms with E-state index in [9.17, 15) is 0 Å². The summed E-state index contributed by atoms with van der Waals surface area (Å²) in [7, 11) is 0. The summed E-state index contributed by atoms with van der Waals surface area (Å²) in [5.41, 5.74) is 25.6. The Bertz CT molecular complexity index is 432. The van der Waals surface area contributed by atoms with Crippen molar-refractivity contribution in [2.75, 3.05) is 34.5 Å². The molecule has 12 N–H and O–H groups in total. The van der Waals surface area contributed by atoms with Gasteiger partial charge in [-0.3, -0.25) is 0 Å². The number of hydrogen-bond acceptors (Lipinski definition) is 11. The van der Waals surface area contributed by atoms with Crippen LogP contribution in [0.3, 0.4) is 0 Å². The Morgan fingerprint density at radius 2 is 1.06 bits per heavy atom. The standard InChI is InChI=1S/C3H6N6.C2H6N6/c4-1-7-2(5)9-3(6)8-1;3-1-6-2(4)8(5)7-1/h(H6,4,5,6,7,8,9);5H2,(H4,3,4,6,7). The van der Waals surface area contributed by atoms with Crippen LogP contribution in [0.4, 0.5) is 29.7 Å². The van der Waals surface area contributed by atoms with Gasteiger partial charge in [0.25, 0.3) is 0 Å². The minimum Gasteiger partial charge on any atom is -0.368 e. The summed E-state index contributed by atoms with van der Waals surface area (Å²) in [5, 5.41) is 3.45. The van der Waals surface area contributed by atoms with E-state index < -0.39 is 0 Å². The molecule has 2 aromatic heterocycles. The number of nitrogen functional groups attached to an aromatic ring is 6. The summed E-state index contributed by atoms with van der Waals surface area (Å²) in [4.78, 5) is 14.9. The zero-order chi connectivity index (χ0) is 13.0. The monoisotopic (exact) mass is 240 g/mol. The molecule has 17 heavy (non-hydrogen) atoms. The van der Waals surface area contributed by atoms with Gasteiger partial charge < -0.3 is 34.5 Å². The fourth-order valence-corrected chi connectivity index (χ4v) is 0.780. The molecule has 0 amide bonds. The zero-order valence-electron chi connectivity index (χ0n) is 8.65. The third-order valence-electron chi connectivity index (χ3n) is 1.36. The second-order valence-electron chi connectivity index (χ2n) is 2.68. The topological polar surface area (TPSA) is 226 Å². The highest BCUT2D eigenvalue weighted by atomic mass is 15.5. The molecule has 0 unspecified atom stereocenters. The van der Waals surface area contributed by atoms with E-state index >= 15 is 0 Å². The highest BCUT2D eigenvalue weighted by Gasteiger charge is 1.96. The molecule has 2 rings (SSSR count). The molecule has 12 nitrogen and oxygen atoms in total. The number of nitrogens with two attached hydrogens (primary N) is 6. The summed E-state index contributed by atoms with van der Waals surface area (Å²) < 4.78 is 0. The number of aromatic nitrogens is 6. The van der Waals surface area contributed by atoms with Crippen molar-refractivity contribution >= 4 is 29.7 Å². The molecule has 0 bridgehead atoms. The Balaban J connectivity index is 0.000000171. The molecule has 0 aromatic carbocycles. The fraction of sp³-hybridized carbons (Fsp3) is 0. The molecule has 0 fully saturated rings. The van der Waals surface area contributed by atoms with Crippen molar-refractivity contribution < 1.29 is 0 Å². The van der Waals surface area contributed by atoms with Crippen LogP contribution in [0.2, 0.25) is 0 Å². The first-order valence-corrected chi connectivity index (χ1v) is 4.14. The third-order valence-corrected chi connectivity index (χ3v) is 1.36. The van der Waals surface area contributed by atoms with Crippen LogP contribution in [0.25, 0.3) is 0 Å². The molecule has 92 valence electrons. The van der Waals surface area contributed by atoms with E-state index in [-0.39, 0.29) is 29.7 Å². The maximum Gasteiger partial charge on any atom is 0.243 e. The van der Waals surface area contributed by atoms with Gasteiger partial charge >= 0.3 is 0 Å². The van der Waals surface area contributed by atoms with Gasteiger partial charge in [0.15, 0.2) is 0 Å². The van der Waals surface area contributed by atoms with Crippen LogP contribution in [0.1, 0.15) is 0 Å². The maximum atomic E-state index is 5.14. The largest absolute Gasteiger partial charge is 0.368 e. The van der Waals surface area contributed by atoms with Crippen LogP contribution in [-0.2, 0) is 0 Å². The molecule has 0 aliphatic carbocycles. The number of rotatable bonds is 0. The molecule has 0 saturated carbocycles. The van der Waals surface area contributed by atoms with Crippen LogP contribution in [0, 0.1) is 0 Å². The Labute approximate surface area is 95.0 Å². The molecular weight excluding hydrogens is 228 g/mol. The summed E-state index contributed by atoms with van der Waals surface area (Å²) in [6.45, 7) is 0. The van der Waals surface area contributed by atoms with E-state index in [1.54, 1.807) is 0 Å². The van der Waals surface area contributed by atoms with E-state index in [1.807, 2.05) is 0 Å². The SMILES string of the molecule is Nc1nc(N)n(N)n1.Nc1nc(N)nc(N)n1. The van der Waals surface area contributed by atoms with Gasteiger partial charge in [0.2, 0.25) is 29.7 Å². The summed E-state index contributed by atoms with van der Waals surface area (Å²) >= 11 is 0. The molecule has 0 atom stereocenters. The Morgan fingerprint density at radius 3 is 1.24 bits per heavy atom. The number of anilines is 5. The lowest BCUT2D eigenvalue weighted by atomic mass is 10.9. The van der Waals surface area contributed by atoms with Gasteiger partial charge in [0.1, 0.15) is 0 Å². The molecule has 0 aliphatic heterocycles. The molecule has 0 spiro atoms. The van der Waals surface area contributed by atoms with Crippen LogP contribution in [-0.4, -0.2) is 29.8 Å². The zero-order valence-corrected chi connectivity index (χ0v) is 8.65. The minimum atomic E-state index is 0.0417. The van der Waals surface area contributed by atoms with Crippen LogP contribution >= 0.6 is 0 Å². The molecule has 12 heteroatoms. The predicted molar refractivity (Wildman–Crippen MR) is 62.1 cm³/mol. The van der Waals surface area contributed by atoms with E-state index in [0.717, 1.165) is 4.79 Å². The van der Waals surface area contributed by atoms with Crippen molar-refractivity contribution in [1.82, 2.24) is 29.8 Å². The lowest BCUT2D eigenvalue weighted by Gasteiger charge is -1.93. The summed E-state index contributed by atoms with van der Waals surface area (Å²) in [6, 6.07) is 0. The highest BCUT2D eigenvalue weighted by Crippen LogP contribution is 1.97. The maximum absolute atomic E-state index is 5.14. The van der Waals surface area contributed by atoms with Crippen molar-refractivity contribution in [3.8, 4) is 0 Å². The van der Waals surface area contributed by atoms with Crippen molar-refractivity contribution in [2.45, 2.75) is 0 Å². The second kappa shape index (κ2) is 4.65. The van der Waals surface area contributed by atoms with Gasteiger partial charge in [0, 0.05) is 0 Å². The lowest BCUT2D eigenvalue weighted by Crippen LogP contribution is -2.13. The molecular formula is C5H12N12. The first-order valence-electron chi connectivity index (χ1n) is 4.14. The van der Waals surface area contributed by atoms with Crippen molar-refractivity contribution in [2.24, 2.45) is 0 Å². The van der Waals surface area contributed by atoms with Crippen molar-refractivity contribution in [3.05, 3.63) is 0 Å². The van der Waals surface area contributed by atoms with E-state index in [1.165, 1.54) is 0 Å². The fourth-order valence-electron chi connectivity index (χ4n) is 0.780. The highest BCUT2D eigenvalue weighted by molar-refractivity contribution is 5.33. The quantitative estimate of drug-likeness (QED) is 0.251. The smallest absolute Gasteiger partial charge is 0.243 e. The normalized spacial score (nSPS) is 9.41. The average Bonchev–Trinajstić information content (AvgIpc) is 2.42. The van der Waals surface area contributed by atoms with Gasteiger partial charge in [-0.15, -0.1) is 9.89 Å². The van der Waals surface area contributed by atoms with Crippen LogP contribution in [0.5, 0.6) is 0 Å². The van der Waals surface area contributed by atoms with E-state index in [4.69, 9.17) is 34.5 Å². The lowest BCUT2D eigenvalue weighted by molar-refractivity contribution is 0.847.